The van der Waals surface area contributed by atoms with Crippen LogP contribution in [0.25, 0.3) is 0 Å². The van der Waals surface area contributed by atoms with E-state index in [0.29, 0.717) is 6.42 Å². The highest BCUT2D eigenvalue weighted by Gasteiger charge is 2.25. The molecule has 0 spiro atoms. The minimum atomic E-state index is -0.405. The van der Waals surface area contributed by atoms with Crippen molar-refractivity contribution in [2.45, 2.75) is 20.3 Å². The van der Waals surface area contributed by atoms with E-state index in [1.54, 1.807) is 6.08 Å². The van der Waals surface area contributed by atoms with Gasteiger partial charge in [0.15, 0.2) is 0 Å². The summed E-state index contributed by atoms with van der Waals surface area (Å²) in [4.78, 5) is 11.9. The Labute approximate surface area is 91.0 Å². The molecule has 0 aliphatic rings. The molecule has 0 atom stereocenters. The zero-order valence-electron chi connectivity index (χ0n) is 9.29. The first kappa shape index (κ1) is 11.5. The molecule has 0 bridgehead atoms. The van der Waals surface area contributed by atoms with Gasteiger partial charge in [-0.25, -0.2) is 0 Å². The number of carbonyl (C=O) groups is 1. The third kappa shape index (κ3) is 3.24. The summed E-state index contributed by atoms with van der Waals surface area (Å²) in [5.74, 6) is 0.0219. The van der Waals surface area contributed by atoms with Gasteiger partial charge in [-0.2, -0.15) is 0 Å². The highest BCUT2D eigenvalue weighted by Crippen LogP contribution is 2.22. The molecule has 0 aromatic heterocycles. The first-order valence-corrected chi connectivity index (χ1v) is 5.03. The zero-order valence-corrected chi connectivity index (χ0v) is 9.29. The summed E-state index contributed by atoms with van der Waals surface area (Å²) in [5, 5.41) is 2.88. The number of carbonyl (C=O) groups excluding carboxylic acids is 1. The van der Waals surface area contributed by atoms with Crippen molar-refractivity contribution < 1.29 is 4.79 Å². The molecule has 1 aromatic carbocycles. The van der Waals surface area contributed by atoms with E-state index >= 15 is 0 Å². The van der Waals surface area contributed by atoms with Gasteiger partial charge in [-0.3, -0.25) is 4.79 Å². The average Bonchev–Trinajstić information content (AvgIpc) is 2.19. The first-order valence-electron chi connectivity index (χ1n) is 5.03. The Morgan fingerprint density at radius 2 is 2.00 bits per heavy atom. The number of anilines is 1. The molecule has 2 heteroatoms. The lowest BCUT2D eigenvalue weighted by molar-refractivity contribution is -0.123. The molecule has 0 fully saturated rings. The highest BCUT2D eigenvalue weighted by molar-refractivity contribution is 5.94. The van der Waals surface area contributed by atoms with Crippen molar-refractivity contribution in [1.82, 2.24) is 0 Å². The van der Waals surface area contributed by atoms with Crippen LogP contribution in [0.5, 0.6) is 0 Å². The number of allylic oxidation sites excluding steroid dienone is 1. The quantitative estimate of drug-likeness (QED) is 0.748. The van der Waals surface area contributed by atoms with Gasteiger partial charge < -0.3 is 5.32 Å². The Hall–Kier alpha value is -1.57. The lowest BCUT2D eigenvalue weighted by Crippen LogP contribution is -2.30. The number of hydrogen-bond acceptors (Lipinski definition) is 1. The van der Waals surface area contributed by atoms with Crippen molar-refractivity contribution in [3.05, 3.63) is 43.0 Å². The van der Waals surface area contributed by atoms with Crippen LogP contribution in [0, 0.1) is 5.41 Å². The van der Waals surface area contributed by atoms with E-state index < -0.39 is 5.41 Å². The third-order valence-electron chi connectivity index (χ3n) is 2.30. The lowest BCUT2D eigenvalue weighted by Gasteiger charge is -2.21. The minimum absolute atomic E-state index is 0.0219. The Morgan fingerprint density at radius 3 is 2.53 bits per heavy atom. The summed E-state index contributed by atoms with van der Waals surface area (Å²) >= 11 is 0. The van der Waals surface area contributed by atoms with Crippen molar-refractivity contribution in [3.8, 4) is 0 Å². The van der Waals surface area contributed by atoms with Crippen molar-refractivity contribution in [3.63, 3.8) is 0 Å². The maximum absolute atomic E-state index is 11.9. The van der Waals surface area contributed by atoms with E-state index in [1.807, 2.05) is 44.2 Å². The second kappa shape index (κ2) is 4.78. The van der Waals surface area contributed by atoms with Gasteiger partial charge in [0.1, 0.15) is 0 Å². The average molecular weight is 203 g/mol. The summed E-state index contributed by atoms with van der Waals surface area (Å²) in [7, 11) is 0. The summed E-state index contributed by atoms with van der Waals surface area (Å²) < 4.78 is 0. The molecule has 0 saturated carbocycles. The molecule has 0 radical (unpaired) electrons. The Balaban J connectivity index is 2.67. The molecule has 1 rings (SSSR count). The maximum Gasteiger partial charge on any atom is 0.230 e. The fourth-order valence-corrected chi connectivity index (χ4v) is 1.28. The van der Waals surface area contributed by atoms with Gasteiger partial charge >= 0.3 is 0 Å². The Bertz CT molecular complexity index is 341. The number of rotatable bonds is 4. The first-order chi connectivity index (χ1) is 7.06. The standard InChI is InChI=1S/C13H17NO/c1-4-10-13(2,3)12(15)14-11-8-6-5-7-9-11/h4-9H,1,10H2,2-3H3,(H,14,15). The van der Waals surface area contributed by atoms with Crippen LogP contribution in [-0.2, 0) is 4.79 Å². The second-order valence-corrected chi connectivity index (χ2v) is 4.20. The molecule has 2 nitrogen and oxygen atoms in total. The number of benzene rings is 1. The predicted octanol–water partition coefficient (Wildman–Crippen LogP) is 3.23. The number of hydrogen-bond donors (Lipinski definition) is 1. The van der Waals surface area contributed by atoms with Crippen LogP contribution < -0.4 is 5.32 Å². The van der Waals surface area contributed by atoms with Crippen LogP contribution in [0.2, 0.25) is 0 Å². The zero-order chi connectivity index (χ0) is 11.3. The Morgan fingerprint density at radius 1 is 1.40 bits per heavy atom. The van der Waals surface area contributed by atoms with Crippen LogP contribution in [0.4, 0.5) is 5.69 Å². The molecule has 80 valence electrons. The van der Waals surface area contributed by atoms with E-state index in [9.17, 15) is 4.79 Å². The van der Waals surface area contributed by atoms with Gasteiger partial charge in [-0.1, -0.05) is 38.1 Å². The van der Waals surface area contributed by atoms with Gasteiger partial charge in [-0.05, 0) is 18.6 Å². The fourth-order valence-electron chi connectivity index (χ4n) is 1.28. The third-order valence-corrected chi connectivity index (χ3v) is 2.30. The molecule has 1 amide bonds. The second-order valence-electron chi connectivity index (χ2n) is 4.20. The highest BCUT2D eigenvalue weighted by atomic mass is 16.2. The molecule has 0 heterocycles. The van der Waals surface area contributed by atoms with Crippen LogP contribution >= 0.6 is 0 Å². The monoisotopic (exact) mass is 203 g/mol. The van der Waals surface area contributed by atoms with Crippen molar-refractivity contribution in [2.24, 2.45) is 5.41 Å². The predicted molar refractivity (Wildman–Crippen MR) is 63.7 cm³/mol. The summed E-state index contributed by atoms with van der Waals surface area (Å²) in [6, 6.07) is 9.47. The van der Waals surface area contributed by atoms with Gasteiger partial charge in [0.25, 0.3) is 0 Å². The van der Waals surface area contributed by atoms with Crippen LogP contribution in [0.3, 0.4) is 0 Å². The Kier molecular flexibility index (Phi) is 3.67. The molecule has 0 saturated heterocycles. The van der Waals surface area contributed by atoms with Gasteiger partial charge in [0.2, 0.25) is 5.91 Å². The van der Waals surface area contributed by atoms with Crippen LogP contribution in [0.1, 0.15) is 20.3 Å². The van der Waals surface area contributed by atoms with Gasteiger partial charge in [-0.15, -0.1) is 6.58 Å². The van der Waals surface area contributed by atoms with E-state index in [1.165, 1.54) is 0 Å². The lowest BCUT2D eigenvalue weighted by atomic mass is 9.88. The SMILES string of the molecule is C=CCC(C)(C)C(=O)Nc1ccccc1. The fraction of sp³-hybridized carbons (Fsp3) is 0.308. The van der Waals surface area contributed by atoms with Crippen molar-refractivity contribution in [1.29, 1.82) is 0 Å². The molecule has 1 N–H and O–H groups in total. The van der Waals surface area contributed by atoms with E-state index in [2.05, 4.69) is 11.9 Å². The van der Waals surface area contributed by atoms with E-state index in [-0.39, 0.29) is 5.91 Å². The minimum Gasteiger partial charge on any atom is -0.326 e. The number of amides is 1. The van der Waals surface area contributed by atoms with Crippen LogP contribution in [0.15, 0.2) is 43.0 Å². The van der Waals surface area contributed by atoms with Crippen LogP contribution in [-0.4, -0.2) is 5.91 Å². The normalized spacial score (nSPS) is 10.8. The largest absolute Gasteiger partial charge is 0.326 e. The smallest absolute Gasteiger partial charge is 0.230 e. The van der Waals surface area contributed by atoms with Gasteiger partial charge in [0, 0.05) is 11.1 Å². The molecule has 1 aromatic rings. The van der Waals surface area contributed by atoms with E-state index in [0.717, 1.165) is 5.69 Å². The number of para-hydroxylation sites is 1. The number of nitrogens with one attached hydrogen (secondary N) is 1. The molecule has 15 heavy (non-hydrogen) atoms. The summed E-state index contributed by atoms with van der Waals surface area (Å²) in [6.07, 6.45) is 2.44. The molecule has 0 aliphatic carbocycles. The van der Waals surface area contributed by atoms with Crippen molar-refractivity contribution >= 4 is 11.6 Å². The molecular weight excluding hydrogens is 186 g/mol. The van der Waals surface area contributed by atoms with Crippen molar-refractivity contribution in [2.75, 3.05) is 5.32 Å². The topological polar surface area (TPSA) is 29.1 Å². The molecule has 0 aliphatic heterocycles. The van der Waals surface area contributed by atoms with E-state index in [4.69, 9.17) is 0 Å². The van der Waals surface area contributed by atoms with Gasteiger partial charge in [0.05, 0.1) is 0 Å². The summed E-state index contributed by atoms with van der Waals surface area (Å²) in [5.41, 5.74) is 0.428. The maximum atomic E-state index is 11.9. The molecule has 0 unspecified atom stereocenters. The molecular formula is C13H17NO. The summed E-state index contributed by atoms with van der Waals surface area (Å²) in [6.45, 7) is 7.47.